The van der Waals surface area contributed by atoms with Crippen LogP contribution in [0.4, 0.5) is 0 Å². The third-order valence-electron chi connectivity index (χ3n) is 2.99. The summed E-state index contributed by atoms with van der Waals surface area (Å²) in [5.74, 6) is 2.16. The molecule has 0 saturated heterocycles. The van der Waals surface area contributed by atoms with Crippen LogP contribution in [0.5, 0.6) is 0 Å². The molecule has 1 aromatic heterocycles. The van der Waals surface area contributed by atoms with Gasteiger partial charge in [-0.05, 0) is 6.92 Å². The topological polar surface area (TPSA) is 101 Å². The van der Waals surface area contributed by atoms with Gasteiger partial charge in [0.2, 0.25) is 0 Å². The number of amidine groups is 2. The lowest BCUT2D eigenvalue weighted by molar-refractivity contribution is 0.600. The van der Waals surface area contributed by atoms with E-state index in [1.54, 1.807) is 25.1 Å². The summed E-state index contributed by atoms with van der Waals surface area (Å²) in [5.41, 5.74) is 2.23. The van der Waals surface area contributed by atoms with E-state index in [4.69, 9.17) is 0 Å². The molecule has 0 atom stereocenters. The number of thioether (sulfide) groups is 1. The van der Waals surface area contributed by atoms with Gasteiger partial charge in [-0.2, -0.15) is 20.2 Å². The summed E-state index contributed by atoms with van der Waals surface area (Å²) < 4.78 is 31.5. The van der Waals surface area contributed by atoms with Crippen LogP contribution in [0, 0.1) is 6.92 Å². The standard InChI is InChI=1S/C11H18N6O2S2/c1-8-9(14-7-17(8)3)6-20-5-4-13-11-10(12-2)15-21(18,19)16-11/h7H,4-6H2,1-3H3,(H,12,15)(H,13,16). The van der Waals surface area contributed by atoms with Gasteiger partial charge < -0.3 is 15.2 Å². The van der Waals surface area contributed by atoms with Gasteiger partial charge >= 0.3 is 10.2 Å². The van der Waals surface area contributed by atoms with Crippen molar-refractivity contribution in [2.24, 2.45) is 15.8 Å². The summed E-state index contributed by atoms with van der Waals surface area (Å²) in [7, 11) is -0.140. The Morgan fingerprint density at radius 3 is 2.67 bits per heavy atom. The lowest BCUT2D eigenvalue weighted by atomic mass is 10.4. The molecular weight excluding hydrogens is 312 g/mol. The van der Waals surface area contributed by atoms with Gasteiger partial charge in [0.15, 0.2) is 11.7 Å². The smallest absolute Gasteiger partial charge is 0.367 e. The summed E-state index contributed by atoms with van der Waals surface area (Å²) in [6.45, 7) is 2.64. The lowest BCUT2D eigenvalue weighted by Gasteiger charge is -2.06. The number of aryl methyl sites for hydroxylation is 1. The van der Waals surface area contributed by atoms with Crippen molar-refractivity contribution in [3.8, 4) is 0 Å². The van der Waals surface area contributed by atoms with Crippen molar-refractivity contribution in [1.82, 2.24) is 20.2 Å². The van der Waals surface area contributed by atoms with E-state index >= 15 is 0 Å². The number of rotatable bonds is 5. The molecule has 2 heterocycles. The molecule has 116 valence electrons. The van der Waals surface area contributed by atoms with E-state index in [1.807, 2.05) is 18.5 Å². The molecule has 21 heavy (non-hydrogen) atoms. The Morgan fingerprint density at radius 1 is 1.33 bits per heavy atom. The van der Waals surface area contributed by atoms with Gasteiger partial charge in [-0.1, -0.05) is 0 Å². The number of aromatic nitrogens is 2. The van der Waals surface area contributed by atoms with E-state index in [0.29, 0.717) is 6.54 Å². The number of hydrogen-bond donors (Lipinski definition) is 2. The predicted molar refractivity (Wildman–Crippen MR) is 85.0 cm³/mol. The highest BCUT2D eigenvalue weighted by Crippen LogP contribution is 2.13. The Balaban J connectivity index is 1.76. The SMILES string of the molecule is CNC1=NS(=O)(=O)N=C1NCCSCc1ncn(C)c1C. The van der Waals surface area contributed by atoms with Crippen molar-refractivity contribution >= 4 is 33.6 Å². The van der Waals surface area contributed by atoms with Crippen LogP contribution in [0.2, 0.25) is 0 Å². The molecule has 1 aromatic rings. The Kier molecular flexibility index (Phi) is 4.88. The zero-order valence-electron chi connectivity index (χ0n) is 12.1. The van der Waals surface area contributed by atoms with E-state index in [0.717, 1.165) is 22.9 Å². The van der Waals surface area contributed by atoms with Gasteiger partial charge in [-0.15, -0.1) is 8.80 Å². The van der Waals surface area contributed by atoms with Crippen LogP contribution in [-0.4, -0.2) is 49.0 Å². The van der Waals surface area contributed by atoms with Gasteiger partial charge in [0.1, 0.15) is 0 Å². The van der Waals surface area contributed by atoms with Crippen molar-refractivity contribution in [1.29, 1.82) is 0 Å². The van der Waals surface area contributed by atoms with Crippen molar-refractivity contribution in [3.05, 3.63) is 17.7 Å². The molecule has 2 N–H and O–H groups in total. The fourth-order valence-electron chi connectivity index (χ4n) is 1.71. The van der Waals surface area contributed by atoms with E-state index in [2.05, 4.69) is 24.4 Å². The zero-order valence-corrected chi connectivity index (χ0v) is 13.8. The van der Waals surface area contributed by atoms with E-state index < -0.39 is 10.2 Å². The molecule has 0 aliphatic carbocycles. The lowest BCUT2D eigenvalue weighted by Crippen LogP contribution is -2.37. The van der Waals surface area contributed by atoms with E-state index in [-0.39, 0.29) is 11.7 Å². The first kappa shape index (κ1) is 15.8. The summed E-state index contributed by atoms with van der Waals surface area (Å²) in [6, 6.07) is 0. The van der Waals surface area contributed by atoms with E-state index in [1.165, 1.54) is 0 Å². The third kappa shape index (κ3) is 3.97. The summed E-state index contributed by atoms with van der Waals surface area (Å²) in [6.07, 6.45) is 1.80. The Bertz CT molecular complexity index is 677. The van der Waals surface area contributed by atoms with Crippen LogP contribution in [0.3, 0.4) is 0 Å². The minimum absolute atomic E-state index is 0.251. The summed E-state index contributed by atoms with van der Waals surface area (Å²) >= 11 is 1.72. The summed E-state index contributed by atoms with van der Waals surface area (Å²) in [5, 5.41) is 5.68. The van der Waals surface area contributed by atoms with Crippen molar-refractivity contribution in [2.45, 2.75) is 12.7 Å². The number of likely N-dealkylation sites (N-methyl/N-ethyl adjacent to an activating group) is 1. The molecule has 8 nitrogen and oxygen atoms in total. The van der Waals surface area contributed by atoms with Gasteiger partial charge in [0.05, 0.1) is 12.0 Å². The molecule has 0 bridgehead atoms. The molecule has 2 rings (SSSR count). The molecule has 0 unspecified atom stereocenters. The maximum atomic E-state index is 11.3. The van der Waals surface area contributed by atoms with Crippen LogP contribution < -0.4 is 10.6 Å². The molecular formula is C11H18N6O2S2. The maximum Gasteiger partial charge on any atom is 0.367 e. The second kappa shape index (κ2) is 6.48. The number of nitrogens with zero attached hydrogens (tertiary/aromatic N) is 4. The number of hydrogen-bond acceptors (Lipinski definition) is 6. The first-order valence-electron chi connectivity index (χ1n) is 6.34. The van der Waals surface area contributed by atoms with Crippen LogP contribution in [0.1, 0.15) is 11.4 Å². The second-order valence-corrected chi connectivity index (χ2v) is 6.81. The molecule has 0 radical (unpaired) electrons. The first-order chi connectivity index (χ1) is 9.93. The van der Waals surface area contributed by atoms with E-state index in [9.17, 15) is 8.42 Å². The van der Waals surface area contributed by atoms with Crippen molar-refractivity contribution < 1.29 is 8.42 Å². The molecule has 0 amide bonds. The normalized spacial score (nSPS) is 16.5. The highest BCUT2D eigenvalue weighted by Gasteiger charge is 2.22. The highest BCUT2D eigenvalue weighted by atomic mass is 32.2. The largest absolute Gasteiger partial charge is 0.369 e. The maximum absolute atomic E-state index is 11.3. The van der Waals surface area contributed by atoms with Gasteiger partial charge in [0.25, 0.3) is 0 Å². The fraction of sp³-hybridized carbons (Fsp3) is 0.545. The molecule has 0 fully saturated rings. The average Bonchev–Trinajstić information content (AvgIpc) is 2.91. The van der Waals surface area contributed by atoms with Gasteiger partial charge in [-0.3, -0.25) is 0 Å². The second-order valence-electron chi connectivity index (χ2n) is 4.44. The van der Waals surface area contributed by atoms with Crippen LogP contribution in [0.25, 0.3) is 0 Å². The predicted octanol–water partition coefficient (Wildman–Crippen LogP) is -0.174. The van der Waals surface area contributed by atoms with Crippen molar-refractivity contribution in [3.63, 3.8) is 0 Å². The molecule has 1 aliphatic rings. The minimum atomic E-state index is -3.71. The molecule has 0 saturated carbocycles. The Hall–Kier alpha value is -1.55. The summed E-state index contributed by atoms with van der Waals surface area (Å²) in [4.78, 5) is 4.32. The number of imidazole rings is 1. The number of nitrogens with one attached hydrogen (secondary N) is 2. The highest BCUT2D eigenvalue weighted by molar-refractivity contribution is 7.98. The fourth-order valence-corrected chi connectivity index (χ4v) is 3.41. The van der Waals surface area contributed by atoms with Gasteiger partial charge in [-0.25, -0.2) is 4.98 Å². The van der Waals surface area contributed by atoms with Crippen LogP contribution in [-0.2, 0) is 23.0 Å². The monoisotopic (exact) mass is 330 g/mol. The van der Waals surface area contributed by atoms with Crippen LogP contribution in [0.15, 0.2) is 15.1 Å². The molecule has 0 aromatic carbocycles. The Morgan fingerprint density at radius 2 is 2.05 bits per heavy atom. The Labute approximate surface area is 128 Å². The average molecular weight is 330 g/mol. The van der Waals surface area contributed by atoms with Crippen molar-refractivity contribution in [2.75, 3.05) is 19.3 Å². The third-order valence-corrected chi connectivity index (χ3v) is 4.78. The minimum Gasteiger partial charge on any atom is -0.369 e. The first-order valence-corrected chi connectivity index (χ1v) is 8.89. The molecule has 0 spiro atoms. The van der Waals surface area contributed by atoms with Crippen LogP contribution >= 0.6 is 11.8 Å². The molecule has 1 aliphatic heterocycles. The molecule has 10 heteroatoms. The zero-order chi connectivity index (χ0) is 15.5. The van der Waals surface area contributed by atoms with Gasteiger partial charge in [0, 0.05) is 37.8 Å². The quantitative estimate of drug-likeness (QED) is 0.727.